The number of thiophene rings is 1. The predicted octanol–water partition coefficient (Wildman–Crippen LogP) is 7.93. The number of amides is 1. The molecule has 2 N–H and O–H groups in total. The summed E-state index contributed by atoms with van der Waals surface area (Å²) < 4.78 is 52.5. The highest BCUT2D eigenvalue weighted by Gasteiger charge is 2.51. The SMILES string of the molecule is COc1cc(-c2sc(F)cc2NC(=O)OC(C)c2ccc(F)cc2F)ccc1-c1ccc(C2(C(=O)O)CC2)cc1. The molecule has 1 amide bonds. The Labute approximate surface area is 232 Å². The molecule has 1 heterocycles. The second kappa shape index (κ2) is 10.7. The zero-order valence-electron chi connectivity index (χ0n) is 21.5. The summed E-state index contributed by atoms with van der Waals surface area (Å²) in [7, 11) is 1.50. The van der Waals surface area contributed by atoms with Gasteiger partial charge in [-0.1, -0.05) is 36.4 Å². The number of ether oxygens (including phenoxy) is 2. The standard InChI is InChI=1S/C30H24F3NO5S/c1-16(21-10-8-20(31)14-23(21)32)39-29(37)34-24-15-26(33)40-27(24)18-5-9-22(25(13-18)38-2)17-3-6-19(7-4-17)30(11-12-30)28(35)36/h3-10,13-16H,11-12H2,1-2H3,(H,34,37)(H,35,36). The maximum Gasteiger partial charge on any atom is 0.412 e. The van der Waals surface area contributed by atoms with Crippen LogP contribution in [-0.2, 0) is 14.9 Å². The number of aliphatic carboxylic acids is 1. The number of hydrogen-bond donors (Lipinski definition) is 2. The molecule has 40 heavy (non-hydrogen) atoms. The number of benzene rings is 3. The van der Waals surface area contributed by atoms with Gasteiger partial charge in [-0.3, -0.25) is 10.1 Å². The third kappa shape index (κ3) is 5.27. The quantitative estimate of drug-likeness (QED) is 0.226. The molecule has 0 bridgehead atoms. The van der Waals surface area contributed by atoms with Crippen molar-refractivity contribution in [2.24, 2.45) is 0 Å². The molecule has 5 rings (SSSR count). The van der Waals surface area contributed by atoms with E-state index in [1.165, 1.54) is 20.1 Å². The number of hydrogen-bond acceptors (Lipinski definition) is 5. The van der Waals surface area contributed by atoms with Crippen LogP contribution in [-0.4, -0.2) is 24.3 Å². The topological polar surface area (TPSA) is 84.9 Å². The van der Waals surface area contributed by atoms with E-state index in [0.717, 1.165) is 40.2 Å². The number of anilines is 1. The van der Waals surface area contributed by atoms with Crippen LogP contribution in [0.2, 0.25) is 0 Å². The fourth-order valence-corrected chi connectivity index (χ4v) is 5.49. The van der Waals surface area contributed by atoms with Crippen molar-refractivity contribution in [1.82, 2.24) is 0 Å². The molecule has 3 aromatic carbocycles. The second-order valence-electron chi connectivity index (χ2n) is 9.51. The van der Waals surface area contributed by atoms with E-state index in [9.17, 15) is 27.9 Å². The zero-order valence-corrected chi connectivity index (χ0v) is 22.3. The fourth-order valence-electron chi connectivity index (χ4n) is 4.65. The predicted molar refractivity (Wildman–Crippen MR) is 145 cm³/mol. The summed E-state index contributed by atoms with van der Waals surface area (Å²) in [6.07, 6.45) is -0.733. The first-order valence-corrected chi connectivity index (χ1v) is 13.2. The molecule has 0 spiro atoms. The third-order valence-corrected chi connectivity index (χ3v) is 7.97. The van der Waals surface area contributed by atoms with E-state index >= 15 is 0 Å². The van der Waals surface area contributed by atoms with Gasteiger partial charge in [0.15, 0.2) is 5.13 Å². The van der Waals surface area contributed by atoms with Crippen molar-refractivity contribution in [3.63, 3.8) is 0 Å². The number of carboxylic acid groups (broad SMARTS) is 1. The molecule has 1 unspecified atom stereocenters. The number of carboxylic acids is 1. The third-order valence-electron chi connectivity index (χ3n) is 6.99. The van der Waals surface area contributed by atoms with Gasteiger partial charge >= 0.3 is 12.1 Å². The fraction of sp³-hybridized carbons (Fsp3) is 0.200. The lowest BCUT2D eigenvalue weighted by molar-refractivity contribution is -0.140. The van der Waals surface area contributed by atoms with Gasteiger partial charge in [-0.2, -0.15) is 4.39 Å². The van der Waals surface area contributed by atoms with Crippen LogP contribution < -0.4 is 10.1 Å². The lowest BCUT2D eigenvalue weighted by atomic mass is 9.93. The second-order valence-corrected chi connectivity index (χ2v) is 10.5. The van der Waals surface area contributed by atoms with Crippen molar-refractivity contribution in [1.29, 1.82) is 0 Å². The van der Waals surface area contributed by atoms with E-state index < -0.39 is 40.3 Å². The molecule has 1 aromatic heterocycles. The molecule has 6 nitrogen and oxygen atoms in total. The van der Waals surface area contributed by atoms with Crippen LogP contribution in [0.15, 0.2) is 66.7 Å². The van der Waals surface area contributed by atoms with Gasteiger partial charge in [-0.05, 0) is 54.7 Å². The molecular weight excluding hydrogens is 543 g/mol. The molecular formula is C30H24F3NO5S. The van der Waals surface area contributed by atoms with Crippen LogP contribution in [0.25, 0.3) is 21.6 Å². The molecule has 1 fully saturated rings. The van der Waals surface area contributed by atoms with Crippen LogP contribution in [0.1, 0.15) is 37.0 Å². The summed E-state index contributed by atoms with van der Waals surface area (Å²) in [6, 6.07) is 16.7. The van der Waals surface area contributed by atoms with Crippen LogP contribution in [0, 0.1) is 16.8 Å². The van der Waals surface area contributed by atoms with Crippen molar-refractivity contribution < 1.29 is 37.3 Å². The van der Waals surface area contributed by atoms with Gasteiger partial charge in [0, 0.05) is 23.3 Å². The van der Waals surface area contributed by atoms with Gasteiger partial charge in [0.25, 0.3) is 0 Å². The zero-order chi connectivity index (χ0) is 28.6. The monoisotopic (exact) mass is 567 g/mol. The Bertz CT molecular complexity index is 1600. The summed E-state index contributed by atoms with van der Waals surface area (Å²) in [5.41, 5.74) is 2.24. The Morgan fingerprint density at radius 2 is 1.68 bits per heavy atom. The number of carbonyl (C=O) groups is 2. The number of nitrogens with one attached hydrogen (secondary N) is 1. The van der Waals surface area contributed by atoms with Crippen molar-refractivity contribution in [3.05, 3.63) is 94.6 Å². The molecule has 0 radical (unpaired) electrons. The molecule has 206 valence electrons. The highest BCUT2D eigenvalue weighted by Crippen LogP contribution is 2.49. The summed E-state index contributed by atoms with van der Waals surface area (Å²) in [5, 5.41) is 11.5. The first-order chi connectivity index (χ1) is 19.1. The highest BCUT2D eigenvalue weighted by atomic mass is 32.1. The van der Waals surface area contributed by atoms with Crippen LogP contribution in [0.3, 0.4) is 0 Å². The van der Waals surface area contributed by atoms with Crippen LogP contribution in [0.5, 0.6) is 5.75 Å². The van der Waals surface area contributed by atoms with Crippen molar-refractivity contribution in [2.45, 2.75) is 31.3 Å². The smallest absolute Gasteiger partial charge is 0.412 e. The van der Waals surface area contributed by atoms with Gasteiger partial charge in [0.05, 0.1) is 23.1 Å². The largest absolute Gasteiger partial charge is 0.496 e. The molecule has 0 aliphatic heterocycles. The Hall–Kier alpha value is -4.31. The summed E-state index contributed by atoms with van der Waals surface area (Å²) >= 11 is 0.814. The Kier molecular flexibility index (Phi) is 7.29. The Morgan fingerprint density at radius 3 is 2.30 bits per heavy atom. The van der Waals surface area contributed by atoms with Crippen LogP contribution in [0.4, 0.5) is 23.7 Å². The lowest BCUT2D eigenvalue weighted by Gasteiger charge is -2.16. The van der Waals surface area contributed by atoms with Crippen LogP contribution >= 0.6 is 11.3 Å². The first-order valence-electron chi connectivity index (χ1n) is 12.4. The minimum Gasteiger partial charge on any atom is -0.496 e. The van der Waals surface area contributed by atoms with E-state index in [-0.39, 0.29) is 11.3 Å². The highest BCUT2D eigenvalue weighted by molar-refractivity contribution is 7.14. The van der Waals surface area contributed by atoms with Gasteiger partial charge in [-0.15, -0.1) is 11.3 Å². The molecule has 10 heteroatoms. The minimum absolute atomic E-state index is 0.00288. The van der Waals surface area contributed by atoms with Gasteiger partial charge in [0.1, 0.15) is 23.5 Å². The Balaban J connectivity index is 1.36. The molecule has 1 aliphatic rings. The van der Waals surface area contributed by atoms with Crippen molar-refractivity contribution in [3.8, 4) is 27.3 Å². The normalized spacial score (nSPS) is 14.3. The number of carbonyl (C=O) groups excluding carboxylic acids is 1. The maximum absolute atomic E-state index is 14.3. The summed E-state index contributed by atoms with van der Waals surface area (Å²) in [5.74, 6) is -1.93. The van der Waals surface area contributed by atoms with Crippen molar-refractivity contribution in [2.75, 3.05) is 12.4 Å². The van der Waals surface area contributed by atoms with E-state index in [1.54, 1.807) is 18.2 Å². The average Bonchev–Trinajstić information content (AvgIpc) is 3.66. The summed E-state index contributed by atoms with van der Waals surface area (Å²) in [4.78, 5) is 24.6. The van der Waals surface area contributed by atoms with Gasteiger partial charge < -0.3 is 14.6 Å². The lowest BCUT2D eigenvalue weighted by Crippen LogP contribution is -2.19. The number of methoxy groups -OCH3 is 1. The van der Waals surface area contributed by atoms with E-state index in [0.29, 0.717) is 35.1 Å². The molecule has 1 atom stereocenters. The Morgan fingerprint density at radius 1 is 0.975 bits per heavy atom. The molecule has 1 aliphatic carbocycles. The average molecular weight is 568 g/mol. The number of rotatable bonds is 8. The molecule has 4 aromatic rings. The van der Waals surface area contributed by atoms with Gasteiger partial charge in [-0.25, -0.2) is 13.6 Å². The van der Waals surface area contributed by atoms with E-state index in [1.807, 2.05) is 24.3 Å². The number of halogens is 3. The van der Waals surface area contributed by atoms with Gasteiger partial charge in [0.2, 0.25) is 0 Å². The maximum atomic E-state index is 14.3. The first kappa shape index (κ1) is 27.3. The molecule has 1 saturated carbocycles. The van der Waals surface area contributed by atoms with Crippen molar-refractivity contribution >= 4 is 29.1 Å². The molecule has 0 saturated heterocycles. The summed E-state index contributed by atoms with van der Waals surface area (Å²) in [6.45, 7) is 1.44. The van der Waals surface area contributed by atoms with E-state index in [2.05, 4.69) is 5.32 Å². The minimum atomic E-state index is -1.02. The van der Waals surface area contributed by atoms with E-state index in [4.69, 9.17) is 9.47 Å².